The highest BCUT2D eigenvalue weighted by molar-refractivity contribution is 6.33. The predicted octanol–water partition coefficient (Wildman–Crippen LogP) is 3.84. The van der Waals surface area contributed by atoms with Gasteiger partial charge in [-0.25, -0.2) is 15.0 Å². The van der Waals surface area contributed by atoms with Crippen LogP contribution in [0.1, 0.15) is 54.3 Å². The number of nitrogens with one attached hydrogen (secondary N) is 2. The first-order valence-corrected chi connectivity index (χ1v) is 15.2. The van der Waals surface area contributed by atoms with E-state index in [0.29, 0.717) is 60.8 Å². The van der Waals surface area contributed by atoms with Crippen molar-refractivity contribution >= 4 is 35.2 Å². The first-order valence-electron chi connectivity index (χ1n) is 14.8. The van der Waals surface area contributed by atoms with Crippen LogP contribution in [0.25, 0.3) is 11.3 Å². The number of carbonyl (C=O) groups excluding carboxylic acids is 2. The summed E-state index contributed by atoms with van der Waals surface area (Å²) in [5.41, 5.74) is 3.42. The van der Waals surface area contributed by atoms with Gasteiger partial charge in [0.25, 0.3) is 5.91 Å². The number of aromatic nitrogens is 3. The smallest absolute Gasteiger partial charge is 0.255 e. The highest BCUT2D eigenvalue weighted by Gasteiger charge is 2.35. The SMILES string of the molecule is CC(NC(=O)C(C)N1Cc2ccc(-c3nc(NC4CCOCC4)ncc3Cl)cc2C1=O)c1cccc(N2CCOCC2)n1. The lowest BCUT2D eigenvalue weighted by atomic mass is 10.0. The molecule has 2 fully saturated rings. The molecule has 2 aromatic heterocycles. The Hall–Kier alpha value is -3.80. The number of anilines is 2. The van der Waals surface area contributed by atoms with E-state index >= 15 is 0 Å². The predicted molar refractivity (Wildman–Crippen MR) is 163 cm³/mol. The van der Waals surface area contributed by atoms with Gasteiger partial charge in [-0.3, -0.25) is 9.59 Å². The monoisotopic (exact) mass is 605 g/mol. The molecule has 12 heteroatoms. The number of amides is 2. The van der Waals surface area contributed by atoms with Gasteiger partial charge in [0, 0.05) is 50.0 Å². The first kappa shape index (κ1) is 29.3. The van der Waals surface area contributed by atoms with E-state index < -0.39 is 6.04 Å². The number of fused-ring (bicyclic) bond motifs is 1. The molecule has 5 heterocycles. The van der Waals surface area contributed by atoms with Crippen LogP contribution in [0.3, 0.4) is 0 Å². The van der Waals surface area contributed by atoms with E-state index in [4.69, 9.17) is 26.1 Å². The summed E-state index contributed by atoms with van der Waals surface area (Å²) in [5.74, 6) is 0.913. The van der Waals surface area contributed by atoms with Crippen molar-refractivity contribution in [3.8, 4) is 11.3 Å². The van der Waals surface area contributed by atoms with Crippen LogP contribution in [0.15, 0.2) is 42.6 Å². The van der Waals surface area contributed by atoms with Gasteiger partial charge in [0.1, 0.15) is 11.9 Å². The quantitative estimate of drug-likeness (QED) is 0.394. The largest absolute Gasteiger partial charge is 0.381 e. The lowest BCUT2D eigenvalue weighted by molar-refractivity contribution is -0.125. The normalized spacial score (nSPS) is 18.7. The average Bonchev–Trinajstić information content (AvgIpc) is 3.37. The molecular weight excluding hydrogens is 570 g/mol. The topological polar surface area (TPSA) is 122 Å². The molecule has 2 atom stereocenters. The van der Waals surface area contributed by atoms with Gasteiger partial charge < -0.3 is 29.9 Å². The van der Waals surface area contributed by atoms with Crippen molar-refractivity contribution in [1.29, 1.82) is 0 Å². The van der Waals surface area contributed by atoms with Crippen molar-refractivity contribution in [2.75, 3.05) is 49.7 Å². The number of benzene rings is 1. The van der Waals surface area contributed by atoms with Crippen LogP contribution in [0.4, 0.5) is 11.8 Å². The molecule has 6 rings (SSSR count). The standard InChI is InChI=1S/C31H36ClN7O4/c1-19(26-4-3-5-27(36-26)38-10-14-43-15-11-38)34-29(40)20(2)39-18-22-7-6-21(16-24(22)30(39)41)28-25(32)17-33-31(37-28)35-23-8-12-42-13-9-23/h3-7,16-17,19-20,23H,8-15,18H2,1-2H3,(H,34,40)(H,33,35,37). The Kier molecular flexibility index (Phi) is 8.73. The van der Waals surface area contributed by atoms with Crippen LogP contribution in [0.5, 0.6) is 0 Å². The van der Waals surface area contributed by atoms with Crippen molar-refractivity contribution in [3.63, 3.8) is 0 Å². The molecule has 2 unspecified atom stereocenters. The van der Waals surface area contributed by atoms with Crippen LogP contribution >= 0.6 is 11.6 Å². The van der Waals surface area contributed by atoms with Gasteiger partial charge in [-0.2, -0.15) is 0 Å². The summed E-state index contributed by atoms with van der Waals surface area (Å²) >= 11 is 6.50. The summed E-state index contributed by atoms with van der Waals surface area (Å²) in [7, 11) is 0. The molecule has 2 amide bonds. The second kappa shape index (κ2) is 12.8. The number of ether oxygens (including phenoxy) is 2. The minimum atomic E-state index is -0.675. The second-order valence-electron chi connectivity index (χ2n) is 11.2. The Bertz CT molecular complexity index is 1490. The molecule has 11 nitrogen and oxygen atoms in total. The Morgan fingerprint density at radius 1 is 1.05 bits per heavy atom. The van der Waals surface area contributed by atoms with Crippen molar-refractivity contribution in [2.45, 2.75) is 51.4 Å². The minimum Gasteiger partial charge on any atom is -0.381 e. The third-order valence-electron chi connectivity index (χ3n) is 8.25. The number of halogens is 1. The first-order chi connectivity index (χ1) is 20.9. The van der Waals surface area contributed by atoms with Crippen LogP contribution < -0.4 is 15.5 Å². The molecule has 226 valence electrons. The molecule has 3 aromatic rings. The Balaban J connectivity index is 1.13. The maximum Gasteiger partial charge on any atom is 0.255 e. The van der Waals surface area contributed by atoms with E-state index in [2.05, 4.69) is 25.5 Å². The van der Waals surface area contributed by atoms with Gasteiger partial charge in [-0.1, -0.05) is 29.8 Å². The zero-order valence-electron chi connectivity index (χ0n) is 24.4. The summed E-state index contributed by atoms with van der Waals surface area (Å²) in [6.07, 6.45) is 3.34. The molecular formula is C31H36ClN7O4. The minimum absolute atomic E-state index is 0.203. The summed E-state index contributed by atoms with van der Waals surface area (Å²) in [6.45, 7) is 8.31. The summed E-state index contributed by atoms with van der Waals surface area (Å²) in [4.78, 5) is 44.4. The van der Waals surface area contributed by atoms with Crippen molar-refractivity contribution < 1.29 is 19.1 Å². The molecule has 2 saturated heterocycles. The molecule has 0 bridgehead atoms. The molecule has 2 N–H and O–H groups in total. The van der Waals surface area contributed by atoms with Gasteiger partial charge in [0.05, 0.1) is 41.9 Å². The van der Waals surface area contributed by atoms with E-state index in [-0.39, 0.29) is 23.9 Å². The molecule has 0 spiro atoms. The molecule has 3 aliphatic rings. The highest BCUT2D eigenvalue weighted by atomic mass is 35.5. The molecule has 0 aliphatic carbocycles. The number of pyridine rings is 1. The van der Waals surface area contributed by atoms with Gasteiger partial charge in [0.15, 0.2) is 0 Å². The van der Waals surface area contributed by atoms with Gasteiger partial charge in [-0.15, -0.1) is 0 Å². The number of morpholine rings is 1. The van der Waals surface area contributed by atoms with E-state index in [0.717, 1.165) is 43.0 Å². The second-order valence-corrected chi connectivity index (χ2v) is 11.6. The summed E-state index contributed by atoms with van der Waals surface area (Å²) < 4.78 is 10.9. The zero-order valence-corrected chi connectivity index (χ0v) is 25.1. The Labute approximate surface area is 255 Å². The molecule has 1 aromatic carbocycles. The van der Waals surface area contributed by atoms with Crippen LogP contribution in [0, 0.1) is 0 Å². The Morgan fingerprint density at radius 3 is 2.60 bits per heavy atom. The van der Waals surface area contributed by atoms with E-state index in [1.165, 1.54) is 0 Å². The molecule has 0 radical (unpaired) electrons. The molecule has 0 saturated carbocycles. The Morgan fingerprint density at radius 2 is 1.81 bits per heavy atom. The van der Waals surface area contributed by atoms with E-state index in [1.807, 2.05) is 37.3 Å². The average molecular weight is 606 g/mol. The fourth-order valence-corrected chi connectivity index (χ4v) is 5.85. The maximum atomic E-state index is 13.5. The zero-order chi connectivity index (χ0) is 29.9. The fraction of sp³-hybridized carbons (Fsp3) is 0.452. The summed E-state index contributed by atoms with van der Waals surface area (Å²) in [5, 5.41) is 6.81. The van der Waals surface area contributed by atoms with Crippen LogP contribution in [0.2, 0.25) is 5.02 Å². The van der Waals surface area contributed by atoms with E-state index in [9.17, 15) is 9.59 Å². The maximum absolute atomic E-state index is 13.5. The molecule has 3 aliphatic heterocycles. The van der Waals surface area contributed by atoms with Crippen LogP contribution in [-0.2, 0) is 20.8 Å². The van der Waals surface area contributed by atoms with Gasteiger partial charge in [-0.05, 0) is 50.5 Å². The lowest BCUT2D eigenvalue weighted by Crippen LogP contribution is -2.46. The third-order valence-corrected chi connectivity index (χ3v) is 8.53. The van der Waals surface area contributed by atoms with Crippen molar-refractivity contribution in [2.24, 2.45) is 0 Å². The van der Waals surface area contributed by atoms with Crippen molar-refractivity contribution in [1.82, 2.24) is 25.2 Å². The number of carbonyl (C=O) groups is 2. The van der Waals surface area contributed by atoms with Crippen molar-refractivity contribution in [3.05, 3.63) is 64.4 Å². The third kappa shape index (κ3) is 6.43. The summed E-state index contributed by atoms with van der Waals surface area (Å²) in [6, 6.07) is 10.7. The van der Waals surface area contributed by atoms with E-state index in [1.54, 1.807) is 24.1 Å². The number of nitrogens with zero attached hydrogens (tertiary/aromatic N) is 5. The lowest BCUT2D eigenvalue weighted by Gasteiger charge is -2.29. The highest BCUT2D eigenvalue weighted by Crippen LogP contribution is 2.32. The number of hydrogen-bond acceptors (Lipinski definition) is 9. The fourth-order valence-electron chi connectivity index (χ4n) is 5.65. The van der Waals surface area contributed by atoms with Crippen LogP contribution in [-0.4, -0.2) is 83.3 Å². The van der Waals surface area contributed by atoms with Gasteiger partial charge in [0.2, 0.25) is 11.9 Å². The molecule has 43 heavy (non-hydrogen) atoms. The number of hydrogen-bond donors (Lipinski definition) is 2. The number of rotatable bonds is 8. The van der Waals surface area contributed by atoms with Gasteiger partial charge >= 0.3 is 0 Å².